The molecule has 1 unspecified atom stereocenters. The van der Waals surface area contributed by atoms with Crippen molar-refractivity contribution in [1.29, 1.82) is 0 Å². The van der Waals surface area contributed by atoms with Crippen molar-refractivity contribution in [3.05, 3.63) is 51.6 Å². The molecule has 1 atom stereocenters. The zero-order chi connectivity index (χ0) is 19.0. The van der Waals surface area contributed by atoms with Crippen LogP contribution in [0.2, 0.25) is 0 Å². The van der Waals surface area contributed by atoms with Crippen LogP contribution in [-0.4, -0.2) is 26.8 Å². The molecule has 6 nitrogen and oxygen atoms in total. The van der Waals surface area contributed by atoms with E-state index in [0.29, 0.717) is 22.8 Å². The van der Waals surface area contributed by atoms with E-state index in [0.717, 1.165) is 30.2 Å². The van der Waals surface area contributed by atoms with Crippen LogP contribution in [0.4, 0.5) is 10.3 Å². The second-order valence-electron chi connectivity index (χ2n) is 6.93. The van der Waals surface area contributed by atoms with E-state index in [2.05, 4.69) is 31.3 Å². The van der Waals surface area contributed by atoms with Gasteiger partial charge in [0.2, 0.25) is 5.95 Å². The Morgan fingerprint density at radius 2 is 2.11 bits per heavy atom. The number of halogens is 2. The van der Waals surface area contributed by atoms with Gasteiger partial charge in [0.15, 0.2) is 0 Å². The number of nitrogens with zero attached hydrogens (tertiary/aromatic N) is 3. The molecule has 0 radical (unpaired) electrons. The van der Waals surface area contributed by atoms with Gasteiger partial charge in [-0.3, -0.25) is 0 Å². The number of hydrogen-bond donors (Lipinski definition) is 1. The maximum Gasteiger partial charge on any atom is 0.338 e. The molecule has 0 spiro atoms. The summed E-state index contributed by atoms with van der Waals surface area (Å²) in [7, 11) is 0. The Labute approximate surface area is 164 Å². The lowest BCUT2D eigenvalue weighted by Crippen LogP contribution is -2.32. The summed E-state index contributed by atoms with van der Waals surface area (Å²) in [6.45, 7) is 1.78. The number of rotatable bonds is 3. The summed E-state index contributed by atoms with van der Waals surface area (Å²) in [5, 5.41) is 7.29. The standard InChI is InChI=1S/C19H20BrFN4O2/c1-11-16(18(26)27-13-5-3-2-4-6-13)17(25-19(24-11)22-10-23-25)14-9-12(20)7-8-15(14)21/h7-10,13,17H,2-6H2,1H3,(H,22,23,24). The number of esters is 1. The van der Waals surface area contributed by atoms with Crippen LogP contribution in [0.25, 0.3) is 0 Å². The highest BCUT2D eigenvalue weighted by Gasteiger charge is 2.37. The lowest BCUT2D eigenvalue weighted by molar-refractivity contribution is -0.146. The average Bonchev–Trinajstić information content (AvgIpc) is 3.11. The monoisotopic (exact) mass is 434 g/mol. The first-order chi connectivity index (χ1) is 13.0. The molecule has 2 heterocycles. The fourth-order valence-corrected chi connectivity index (χ4v) is 4.14. The Hall–Kier alpha value is -2.22. The molecule has 0 bridgehead atoms. The topological polar surface area (TPSA) is 69.0 Å². The fourth-order valence-electron chi connectivity index (χ4n) is 3.76. The normalized spacial score (nSPS) is 20.2. The Morgan fingerprint density at radius 1 is 1.33 bits per heavy atom. The van der Waals surface area contributed by atoms with Crippen LogP contribution < -0.4 is 5.32 Å². The lowest BCUT2D eigenvalue weighted by atomic mass is 9.94. The van der Waals surface area contributed by atoms with Crippen LogP contribution in [0.5, 0.6) is 0 Å². The van der Waals surface area contributed by atoms with Gasteiger partial charge in [0.05, 0.1) is 5.57 Å². The molecule has 1 N–H and O–H groups in total. The molecule has 142 valence electrons. The predicted molar refractivity (Wildman–Crippen MR) is 102 cm³/mol. The molecule has 8 heteroatoms. The van der Waals surface area contributed by atoms with Crippen molar-refractivity contribution in [3.63, 3.8) is 0 Å². The van der Waals surface area contributed by atoms with Gasteiger partial charge in [-0.15, -0.1) is 0 Å². The van der Waals surface area contributed by atoms with Crippen molar-refractivity contribution < 1.29 is 13.9 Å². The van der Waals surface area contributed by atoms with Gasteiger partial charge in [-0.1, -0.05) is 22.4 Å². The molecule has 1 aromatic carbocycles. The van der Waals surface area contributed by atoms with Crippen LogP contribution in [0.3, 0.4) is 0 Å². The molecule has 1 saturated carbocycles. The second-order valence-corrected chi connectivity index (χ2v) is 7.84. The number of ether oxygens (including phenoxy) is 1. The number of aromatic nitrogens is 3. The number of anilines is 1. The quantitative estimate of drug-likeness (QED) is 0.727. The van der Waals surface area contributed by atoms with Crippen molar-refractivity contribution in [2.24, 2.45) is 0 Å². The summed E-state index contributed by atoms with van der Waals surface area (Å²) >= 11 is 3.39. The van der Waals surface area contributed by atoms with Gasteiger partial charge in [-0.25, -0.2) is 13.9 Å². The van der Waals surface area contributed by atoms with Gasteiger partial charge in [-0.05, 0) is 50.8 Å². The van der Waals surface area contributed by atoms with Crippen molar-refractivity contribution in [3.8, 4) is 0 Å². The number of carbonyl (C=O) groups excluding carboxylic acids is 1. The molecule has 2 aliphatic rings. The SMILES string of the molecule is CC1=C(C(=O)OC2CCCCC2)C(c2cc(Br)ccc2F)n2ncnc2N1. The Balaban J connectivity index is 1.75. The van der Waals surface area contributed by atoms with Crippen molar-refractivity contribution >= 4 is 27.8 Å². The maximum atomic E-state index is 14.7. The third-order valence-corrected chi connectivity index (χ3v) is 5.59. The lowest BCUT2D eigenvalue weighted by Gasteiger charge is -2.30. The summed E-state index contributed by atoms with van der Waals surface area (Å²) < 4.78 is 22.7. The number of fused-ring (bicyclic) bond motifs is 1. The molecule has 1 aliphatic heterocycles. The van der Waals surface area contributed by atoms with E-state index < -0.39 is 17.8 Å². The van der Waals surface area contributed by atoms with E-state index in [4.69, 9.17) is 4.74 Å². The summed E-state index contributed by atoms with van der Waals surface area (Å²) in [5.74, 6) is -0.383. The Morgan fingerprint density at radius 3 is 2.89 bits per heavy atom. The van der Waals surface area contributed by atoms with Gasteiger partial charge < -0.3 is 10.1 Å². The molecule has 1 aromatic heterocycles. The number of allylic oxidation sites excluding steroid dienone is 1. The zero-order valence-corrected chi connectivity index (χ0v) is 16.5. The summed E-state index contributed by atoms with van der Waals surface area (Å²) in [6.07, 6.45) is 6.33. The minimum Gasteiger partial charge on any atom is -0.459 e. The van der Waals surface area contributed by atoms with E-state index >= 15 is 0 Å². The summed E-state index contributed by atoms with van der Waals surface area (Å²) in [6, 6.07) is 3.92. The third kappa shape index (κ3) is 3.50. The first-order valence-electron chi connectivity index (χ1n) is 9.08. The molecule has 27 heavy (non-hydrogen) atoms. The molecule has 1 aliphatic carbocycles. The van der Waals surface area contributed by atoms with Gasteiger partial charge >= 0.3 is 5.97 Å². The highest BCUT2D eigenvalue weighted by molar-refractivity contribution is 9.10. The van der Waals surface area contributed by atoms with Crippen LogP contribution in [0, 0.1) is 5.82 Å². The van der Waals surface area contributed by atoms with Gasteiger partial charge in [0.1, 0.15) is 24.3 Å². The van der Waals surface area contributed by atoms with Crippen LogP contribution in [0.15, 0.2) is 40.3 Å². The van der Waals surface area contributed by atoms with Crippen LogP contribution >= 0.6 is 15.9 Å². The zero-order valence-electron chi connectivity index (χ0n) is 14.9. The smallest absolute Gasteiger partial charge is 0.338 e. The molecular weight excluding hydrogens is 415 g/mol. The van der Waals surface area contributed by atoms with Gasteiger partial charge in [0, 0.05) is 15.7 Å². The number of carbonyl (C=O) groups is 1. The highest BCUT2D eigenvalue weighted by atomic mass is 79.9. The molecule has 0 saturated heterocycles. The third-order valence-electron chi connectivity index (χ3n) is 5.09. The summed E-state index contributed by atoms with van der Waals surface area (Å²) in [4.78, 5) is 17.2. The molecule has 1 fully saturated rings. The Kier molecular flexibility index (Phi) is 4.99. The second kappa shape index (κ2) is 7.42. The summed E-state index contributed by atoms with van der Waals surface area (Å²) in [5.41, 5.74) is 1.30. The predicted octanol–water partition coefficient (Wildman–Crippen LogP) is 4.34. The van der Waals surface area contributed by atoms with Crippen molar-refractivity contribution in [1.82, 2.24) is 14.8 Å². The molecule has 4 rings (SSSR count). The molecule has 0 amide bonds. The first-order valence-corrected chi connectivity index (χ1v) is 9.87. The highest BCUT2D eigenvalue weighted by Crippen LogP contribution is 2.37. The number of nitrogens with one attached hydrogen (secondary N) is 1. The minimum absolute atomic E-state index is 0.0864. The molecule has 2 aromatic rings. The average molecular weight is 435 g/mol. The fraction of sp³-hybridized carbons (Fsp3) is 0.421. The van der Waals surface area contributed by atoms with E-state index in [1.807, 2.05) is 0 Å². The minimum atomic E-state index is -0.739. The van der Waals surface area contributed by atoms with E-state index in [1.165, 1.54) is 23.5 Å². The Bertz CT molecular complexity index is 905. The van der Waals surface area contributed by atoms with Crippen molar-refractivity contribution in [2.45, 2.75) is 51.2 Å². The van der Waals surface area contributed by atoms with Crippen molar-refractivity contribution in [2.75, 3.05) is 5.32 Å². The maximum absolute atomic E-state index is 14.7. The number of benzene rings is 1. The van der Waals surface area contributed by atoms with Gasteiger partial charge in [0.25, 0.3) is 0 Å². The van der Waals surface area contributed by atoms with E-state index in [9.17, 15) is 9.18 Å². The van der Waals surface area contributed by atoms with E-state index in [-0.39, 0.29) is 6.10 Å². The first kappa shape index (κ1) is 18.2. The molecular formula is C19H20BrFN4O2. The van der Waals surface area contributed by atoms with Gasteiger partial charge in [-0.2, -0.15) is 10.1 Å². The number of hydrogen-bond acceptors (Lipinski definition) is 5. The van der Waals surface area contributed by atoms with Crippen LogP contribution in [-0.2, 0) is 9.53 Å². The van der Waals surface area contributed by atoms with E-state index in [1.54, 1.807) is 19.1 Å². The van der Waals surface area contributed by atoms with Crippen LogP contribution in [0.1, 0.15) is 50.6 Å². The largest absolute Gasteiger partial charge is 0.459 e.